The molecule has 0 atom stereocenters. The first-order chi connectivity index (χ1) is 9.07. The van der Waals surface area contributed by atoms with Gasteiger partial charge in [-0.2, -0.15) is 0 Å². The van der Waals surface area contributed by atoms with E-state index < -0.39 is 0 Å². The first-order valence-corrected chi connectivity index (χ1v) is 6.88. The van der Waals surface area contributed by atoms with Crippen molar-refractivity contribution >= 4 is 11.6 Å². The summed E-state index contributed by atoms with van der Waals surface area (Å²) in [4.78, 5) is 11.8. The van der Waals surface area contributed by atoms with Gasteiger partial charge in [0, 0.05) is 11.2 Å². The molecule has 0 bridgehead atoms. The Labute approximate surface area is 121 Å². The maximum Gasteiger partial charge on any atom is 0.238 e. The van der Waals surface area contributed by atoms with Crippen molar-refractivity contribution in [2.45, 2.75) is 46.6 Å². The summed E-state index contributed by atoms with van der Waals surface area (Å²) in [5, 5.41) is 6.00. The van der Waals surface area contributed by atoms with Crippen molar-refractivity contribution in [3.05, 3.63) is 30.1 Å². The maximum absolute atomic E-state index is 12.8. The van der Waals surface area contributed by atoms with Crippen molar-refractivity contribution in [2.24, 2.45) is 5.41 Å². The van der Waals surface area contributed by atoms with Gasteiger partial charge in [0.2, 0.25) is 5.91 Å². The second kappa shape index (κ2) is 6.35. The van der Waals surface area contributed by atoms with Crippen LogP contribution < -0.4 is 10.6 Å². The molecule has 0 aliphatic carbocycles. The third-order valence-corrected chi connectivity index (χ3v) is 2.83. The first kappa shape index (κ1) is 16.6. The van der Waals surface area contributed by atoms with Gasteiger partial charge in [-0.15, -0.1) is 0 Å². The summed E-state index contributed by atoms with van der Waals surface area (Å²) in [6.07, 6.45) is 0.962. The van der Waals surface area contributed by atoms with Crippen LogP contribution in [0.3, 0.4) is 0 Å². The van der Waals surface area contributed by atoms with Crippen molar-refractivity contribution in [3.63, 3.8) is 0 Å². The van der Waals surface area contributed by atoms with E-state index in [0.717, 1.165) is 6.42 Å². The summed E-state index contributed by atoms with van der Waals surface area (Å²) in [5.74, 6) is -0.439. The lowest BCUT2D eigenvalue weighted by atomic mass is 9.82. The van der Waals surface area contributed by atoms with Gasteiger partial charge in [-0.25, -0.2) is 4.39 Å². The molecule has 1 amide bonds. The minimum atomic E-state index is -0.313. The van der Waals surface area contributed by atoms with Crippen molar-refractivity contribution in [2.75, 3.05) is 11.9 Å². The van der Waals surface area contributed by atoms with Crippen LogP contribution in [-0.2, 0) is 4.79 Å². The summed E-state index contributed by atoms with van der Waals surface area (Å²) in [7, 11) is 0. The number of hydrogen-bond donors (Lipinski definition) is 2. The molecule has 1 rings (SSSR count). The zero-order valence-corrected chi connectivity index (χ0v) is 13.0. The highest BCUT2D eigenvalue weighted by molar-refractivity contribution is 5.92. The SMILES string of the molecule is CC(C)(C)CC(C)(C)NCC(=O)Nc1ccc(F)cc1. The van der Waals surface area contributed by atoms with Crippen molar-refractivity contribution in [1.82, 2.24) is 5.32 Å². The molecule has 1 aromatic rings. The van der Waals surface area contributed by atoms with Crippen LogP contribution in [0.5, 0.6) is 0 Å². The topological polar surface area (TPSA) is 41.1 Å². The summed E-state index contributed by atoms with van der Waals surface area (Å²) >= 11 is 0. The highest BCUT2D eigenvalue weighted by Gasteiger charge is 2.25. The van der Waals surface area contributed by atoms with Gasteiger partial charge in [-0.1, -0.05) is 20.8 Å². The van der Waals surface area contributed by atoms with Gasteiger partial charge in [-0.05, 0) is 49.9 Å². The van der Waals surface area contributed by atoms with Crippen molar-refractivity contribution < 1.29 is 9.18 Å². The average molecular weight is 280 g/mol. The van der Waals surface area contributed by atoms with Gasteiger partial charge >= 0.3 is 0 Å². The molecule has 20 heavy (non-hydrogen) atoms. The van der Waals surface area contributed by atoms with Crippen LogP contribution in [-0.4, -0.2) is 18.0 Å². The molecule has 0 spiro atoms. The lowest BCUT2D eigenvalue weighted by Crippen LogP contribution is -2.45. The molecule has 2 N–H and O–H groups in total. The monoisotopic (exact) mass is 280 g/mol. The molecule has 0 heterocycles. The van der Waals surface area contributed by atoms with Gasteiger partial charge < -0.3 is 10.6 Å². The second-order valence-electron chi connectivity index (χ2n) is 7.03. The van der Waals surface area contributed by atoms with E-state index in [0.29, 0.717) is 5.69 Å². The Kier molecular flexibility index (Phi) is 5.28. The van der Waals surface area contributed by atoms with Gasteiger partial charge in [0.15, 0.2) is 0 Å². The number of hydrogen-bond acceptors (Lipinski definition) is 2. The molecule has 1 aromatic carbocycles. The number of benzene rings is 1. The van der Waals surface area contributed by atoms with Gasteiger partial charge in [0.25, 0.3) is 0 Å². The van der Waals surface area contributed by atoms with E-state index in [2.05, 4.69) is 45.3 Å². The van der Waals surface area contributed by atoms with E-state index in [9.17, 15) is 9.18 Å². The van der Waals surface area contributed by atoms with Gasteiger partial charge in [0.1, 0.15) is 5.82 Å². The third-order valence-electron chi connectivity index (χ3n) is 2.83. The number of carbonyl (C=O) groups excluding carboxylic acids is 1. The number of anilines is 1. The van der Waals surface area contributed by atoms with Crippen LogP contribution in [0.25, 0.3) is 0 Å². The molecule has 4 heteroatoms. The summed E-state index contributed by atoms with van der Waals surface area (Å²) in [5.41, 5.74) is 0.689. The van der Waals surface area contributed by atoms with Crippen LogP contribution in [0.4, 0.5) is 10.1 Å². The van der Waals surface area contributed by atoms with Crippen LogP contribution >= 0.6 is 0 Å². The Hall–Kier alpha value is -1.42. The van der Waals surface area contributed by atoms with Crippen LogP contribution in [0.1, 0.15) is 41.0 Å². The molecule has 3 nitrogen and oxygen atoms in total. The van der Waals surface area contributed by atoms with Crippen molar-refractivity contribution in [1.29, 1.82) is 0 Å². The predicted molar refractivity (Wildman–Crippen MR) is 81.2 cm³/mol. The third kappa shape index (κ3) is 6.66. The molecular formula is C16H25FN2O. The Bertz CT molecular complexity index is 447. The Morgan fingerprint density at radius 2 is 1.65 bits per heavy atom. The van der Waals surface area contributed by atoms with Crippen LogP contribution in [0.2, 0.25) is 0 Å². The van der Waals surface area contributed by atoms with E-state index in [4.69, 9.17) is 0 Å². The fourth-order valence-corrected chi connectivity index (χ4v) is 2.45. The number of rotatable bonds is 5. The second-order valence-corrected chi connectivity index (χ2v) is 7.03. The minimum absolute atomic E-state index is 0.113. The fraction of sp³-hybridized carbons (Fsp3) is 0.562. The zero-order valence-electron chi connectivity index (χ0n) is 13.0. The van der Waals surface area contributed by atoms with Crippen molar-refractivity contribution in [3.8, 4) is 0 Å². The molecule has 0 fully saturated rings. The fourth-order valence-electron chi connectivity index (χ4n) is 2.45. The minimum Gasteiger partial charge on any atom is -0.325 e. The molecule has 0 unspecified atom stereocenters. The smallest absolute Gasteiger partial charge is 0.238 e. The summed E-state index contributed by atoms with van der Waals surface area (Å²) in [6.45, 7) is 10.9. The Morgan fingerprint density at radius 1 is 1.10 bits per heavy atom. The lowest BCUT2D eigenvalue weighted by molar-refractivity contribution is -0.115. The normalized spacial score (nSPS) is 12.3. The summed E-state index contributed by atoms with van der Waals surface area (Å²) in [6, 6.07) is 5.75. The molecule has 0 radical (unpaired) electrons. The van der Waals surface area contributed by atoms with Gasteiger partial charge in [-0.3, -0.25) is 4.79 Å². The number of halogens is 1. The highest BCUT2D eigenvalue weighted by atomic mass is 19.1. The van der Waals surface area contributed by atoms with E-state index in [1.54, 1.807) is 12.1 Å². The average Bonchev–Trinajstić information content (AvgIpc) is 2.27. The number of carbonyl (C=O) groups is 1. The number of amides is 1. The Balaban J connectivity index is 2.45. The van der Waals surface area contributed by atoms with Crippen LogP contribution in [0, 0.1) is 11.2 Å². The molecule has 0 saturated carbocycles. The molecular weight excluding hydrogens is 255 g/mol. The Morgan fingerprint density at radius 3 is 2.15 bits per heavy atom. The quantitative estimate of drug-likeness (QED) is 0.865. The first-order valence-electron chi connectivity index (χ1n) is 6.88. The lowest BCUT2D eigenvalue weighted by Gasteiger charge is -2.33. The molecule has 0 aliphatic rings. The van der Waals surface area contributed by atoms with E-state index in [-0.39, 0.29) is 29.2 Å². The zero-order chi connectivity index (χ0) is 15.4. The summed E-state index contributed by atoms with van der Waals surface area (Å²) < 4.78 is 12.8. The van der Waals surface area contributed by atoms with Crippen LogP contribution in [0.15, 0.2) is 24.3 Å². The highest BCUT2D eigenvalue weighted by Crippen LogP contribution is 2.26. The molecule has 112 valence electrons. The molecule has 0 aliphatic heterocycles. The standard InChI is InChI=1S/C16H25FN2O/c1-15(2,3)11-16(4,5)18-10-14(20)19-13-8-6-12(17)7-9-13/h6-9,18H,10-11H2,1-5H3,(H,19,20). The van der Waals surface area contributed by atoms with E-state index >= 15 is 0 Å². The molecule has 0 saturated heterocycles. The van der Waals surface area contributed by atoms with E-state index in [1.165, 1.54) is 12.1 Å². The predicted octanol–water partition coefficient (Wildman–Crippen LogP) is 3.57. The number of nitrogens with one attached hydrogen (secondary N) is 2. The van der Waals surface area contributed by atoms with Gasteiger partial charge in [0.05, 0.1) is 6.54 Å². The molecule has 0 aromatic heterocycles. The maximum atomic E-state index is 12.8. The van der Waals surface area contributed by atoms with E-state index in [1.807, 2.05) is 0 Å². The largest absolute Gasteiger partial charge is 0.325 e.